The summed E-state index contributed by atoms with van der Waals surface area (Å²) in [5.41, 5.74) is 9.68. The van der Waals surface area contributed by atoms with Crippen molar-refractivity contribution in [3.63, 3.8) is 0 Å². The molecule has 2 aliphatic rings. The lowest BCUT2D eigenvalue weighted by Crippen LogP contribution is -2.32. The number of anilines is 2. The third-order valence-corrected chi connectivity index (χ3v) is 8.23. The number of fused-ring (bicyclic) bond motifs is 3. The molecule has 0 saturated heterocycles. The van der Waals surface area contributed by atoms with E-state index in [0.29, 0.717) is 29.4 Å². The van der Waals surface area contributed by atoms with Crippen LogP contribution < -0.4 is 15.4 Å². The lowest BCUT2D eigenvalue weighted by molar-refractivity contribution is 0.0801. The summed E-state index contributed by atoms with van der Waals surface area (Å²) in [6.45, 7) is 2.33. The van der Waals surface area contributed by atoms with Gasteiger partial charge in [0.15, 0.2) is 9.84 Å². The van der Waals surface area contributed by atoms with Crippen LogP contribution in [-0.4, -0.2) is 36.7 Å². The van der Waals surface area contributed by atoms with Crippen LogP contribution in [0.25, 0.3) is 10.9 Å². The van der Waals surface area contributed by atoms with Gasteiger partial charge in [-0.15, -0.1) is 0 Å². The number of ether oxygens (including phenoxy) is 2. The van der Waals surface area contributed by atoms with E-state index in [2.05, 4.69) is 9.97 Å². The van der Waals surface area contributed by atoms with Crippen molar-refractivity contribution in [1.82, 2.24) is 9.97 Å². The van der Waals surface area contributed by atoms with Gasteiger partial charge in [-0.05, 0) is 61.2 Å². The monoisotopic (exact) mass is 562 g/mol. The summed E-state index contributed by atoms with van der Waals surface area (Å²) in [4.78, 5) is 23.7. The molecule has 2 aromatic heterocycles. The van der Waals surface area contributed by atoms with Crippen molar-refractivity contribution in [2.24, 2.45) is 0 Å². The zero-order chi connectivity index (χ0) is 28.2. The van der Waals surface area contributed by atoms with Gasteiger partial charge in [0.1, 0.15) is 17.7 Å². The second-order valence-electron chi connectivity index (χ2n) is 10.2. The minimum atomic E-state index is -3.89. The van der Waals surface area contributed by atoms with Gasteiger partial charge < -0.3 is 20.1 Å². The predicted molar refractivity (Wildman–Crippen MR) is 147 cm³/mol. The Labute approximate surface area is 230 Å². The van der Waals surface area contributed by atoms with Crippen molar-refractivity contribution in [3.05, 3.63) is 82.8 Å². The van der Waals surface area contributed by atoms with E-state index in [-0.39, 0.29) is 34.9 Å². The molecular weight excluding hydrogens is 535 g/mol. The van der Waals surface area contributed by atoms with Crippen LogP contribution in [0.15, 0.2) is 59.6 Å². The summed E-state index contributed by atoms with van der Waals surface area (Å²) >= 11 is 0. The molecule has 1 saturated carbocycles. The summed E-state index contributed by atoms with van der Waals surface area (Å²) in [6.07, 6.45) is 4.30. The maximum absolute atomic E-state index is 14.2. The number of carbonyl (C=O) groups excluding carboxylic acids is 1. The van der Waals surface area contributed by atoms with E-state index in [0.717, 1.165) is 47.7 Å². The molecule has 40 heavy (non-hydrogen) atoms. The molecule has 1 aliphatic heterocycles. The molecule has 206 valence electrons. The standard InChI is InChI=1S/C29H27FN4O5S/c1-16-27-22(15-38-16)21-8-3-17(11-23(21)33-28(27)31)14-34(24-9-5-19(30)12-25(24)40(2,36)37)29(35)18-4-10-26(32-13-18)39-20-6-7-20/h3-5,8-13,16,20H,6-7,14-15H2,1-2H3,(H2,31,33). The Morgan fingerprint density at radius 2 is 1.98 bits per heavy atom. The highest BCUT2D eigenvalue weighted by molar-refractivity contribution is 7.90. The summed E-state index contributed by atoms with van der Waals surface area (Å²) in [7, 11) is -3.89. The van der Waals surface area contributed by atoms with E-state index in [1.807, 2.05) is 25.1 Å². The van der Waals surface area contributed by atoms with Crippen LogP contribution >= 0.6 is 0 Å². The van der Waals surface area contributed by atoms with Gasteiger partial charge in [-0.2, -0.15) is 0 Å². The number of rotatable bonds is 7. The zero-order valence-corrected chi connectivity index (χ0v) is 22.7. The Morgan fingerprint density at radius 3 is 2.67 bits per heavy atom. The van der Waals surface area contributed by atoms with E-state index < -0.39 is 21.6 Å². The number of amides is 1. The third kappa shape index (κ3) is 4.98. The maximum atomic E-state index is 14.2. The highest BCUT2D eigenvalue weighted by atomic mass is 32.2. The number of nitrogens with two attached hydrogens (primary N) is 1. The van der Waals surface area contributed by atoms with E-state index in [9.17, 15) is 17.6 Å². The van der Waals surface area contributed by atoms with Crippen molar-refractivity contribution < 1.29 is 27.1 Å². The average molecular weight is 563 g/mol. The number of halogens is 1. The molecule has 6 rings (SSSR count). The van der Waals surface area contributed by atoms with E-state index in [1.165, 1.54) is 17.2 Å². The molecule has 2 N–H and O–H groups in total. The van der Waals surface area contributed by atoms with Crippen LogP contribution in [0, 0.1) is 5.82 Å². The Morgan fingerprint density at radius 1 is 1.18 bits per heavy atom. The first-order chi connectivity index (χ1) is 19.1. The smallest absolute Gasteiger partial charge is 0.260 e. The molecule has 3 heterocycles. The van der Waals surface area contributed by atoms with Crippen LogP contribution in [0.2, 0.25) is 0 Å². The van der Waals surface area contributed by atoms with Crippen molar-refractivity contribution in [2.75, 3.05) is 16.9 Å². The van der Waals surface area contributed by atoms with Gasteiger partial charge in [-0.25, -0.2) is 22.8 Å². The normalized spacial score (nSPS) is 16.6. The molecule has 0 radical (unpaired) electrons. The van der Waals surface area contributed by atoms with E-state index in [1.54, 1.807) is 12.1 Å². The lowest BCUT2D eigenvalue weighted by Gasteiger charge is -2.25. The van der Waals surface area contributed by atoms with Crippen molar-refractivity contribution in [1.29, 1.82) is 0 Å². The van der Waals surface area contributed by atoms with Crippen molar-refractivity contribution in [3.8, 4) is 5.88 Å². The summed E-state index contributed by atoms with van der Waals surface area (Å²) in [6, 6.07) is 12.1. The topological polar surface area (TPSA) is 125 Å². The van der Waals surface area contributed by atoms with Crippen LogP contribution in [0.4, 0.5) is 15.9 Å². The molecular formula is C29H27FN4O5S. The number of nitrogen functional groups attached to an aromatic ring is 1. The highest BCUT2D eigenvalue weighted by Gasteiger charge is 2.28. The second-order valence-corrected chi connectivity index (χ2v) is 12.2. The number of hydrogen-bond acceptors (Lipinski definition) is 8. The van der Waals surface area contributed by atoms with Crippen LogP contribution in [-0.2, 0) is 27.7 Å². The number of nitrogens with zero attached hydrogens (tertiary/aromatic N) is 3. The van der Waals surface area contributed by atoms with Crippen molar-refractivity contribution in [2.45, 2.75) is 50.0 Å². The van der Waals surface area contributed by atoms with Crippen LogP contribution in [0.1, 0.15) is 52.9 Å². The van der Waals surface area contributed by atoms with E-state index in [4.69, 9.17) is 15.2 Å². The number of benzene rings is 2. The van der Waals surface area contributed by atoms with Gasteiger partial charge in [0.2, 0.25) is 5.88 Å². The molecule has 1 fully saturated rings. The fraction of sp³-hybridized carbons (Fsp3) is 0.276. The Hall–Kier alpha value is -4.09. The Balaban J connectivity index is 1.42. The predicted octanol–water partition coefficient (Wildman–Crippen LogP) is 4.73. The quantitative estimate of drug-likeness (QED) is 0.343. The number of aromatic nitrogens is 2. The first kappa shape index (κ1) is 26.1. The number of pyridine rings is 2. The largest absolute Gasteiger partial charge is 0.474 e. The third-order valence-electron chi connectivity index (χ3n) is 7.11. The SMILES string of the molecule is CC1OCc2c1c(N)nc1cc(CN(C(=O)c3ccc(OC4CC4)nc3)c3ccc(F)cc3S(C)(=O)=O)ccc21. The Bertz CT molecular complexity index is 1760. The molecule has 4 aromatic rings. The summed E-state index contributed by atoms with van der Waals surface area (Å²) < 4.78 is 50.9. The van der Waals surface area contributed by atoms with Gasteiger partial charge in [-0.1, -0.05) is 12.1 Å². The first-order valence-corrected chi connectivity index (χ1v) is 14.7. The molecule has 11 heteroatoms. The second kappa shape index (κ2) is 9.83. The van der Waals surface area contributed by atoms with Gasteiger partial charge in [0.25, 0.3) is 5.91 Å². The number of sulfone groups is 1. The van der Waals surface area contributed by atoms with E-state index >= 15 is 0 Å². The lowest BCUT2D eigenvalue weighted by atomic mass is 10.0. The molecule has 1 amide bonds. The maximum Gasteiger partial charge on any atom is 0.260 e. The number of hydrogen-bond donors (Lipinski definition) is 1. The van der Waals surface area contributed by atoms with Gasteiger partial charge in [0, 0.05) is 29.5 Å². The van der Waals surface area contributed by atoms with Crippen molar-refractivity contribution >= 4 is 38.2 Å². The molecule has 1 aliphatic carbocycles. The average Bonchev–Trinajstić information content (AvgIpc) is 3.65. The fourth-order valence-corrected chi connectivity index (χ4v) is 5.84. The highest BCUT2D eigenvalue weighted by Crippen LogP contribution is 2.38. The summed E-state index contributed by atoms with van der Waals surface area (Å²) in [5.74, 6) is -0.440. The van der Waals surface area contributed by atoms with Gasteiger partial charge in [0.05, 0.1) is 40.9 Å². The minimum absolute atomic E-state index is 0.0190. The molecule has 0 spiro atoms. The first-order valence-electron chi connectivity index (χ1n) is 12.8. The zero-order valence-electron chi connectivity index (χ0n) is 21.9. The van der Waals surface area contributed by atoms with Crippen LogP contribution in [0.3, 0.4) is 0 Å². The van der Waals surface area contributed by atoms with Gasteiger partial charge in [-0.3, -0.25) is 4.79 Å². The fourth-order valence-electron chi connectivity index (χ4n) is 4.96. The van der Waals surface area contributed by atoms with Crippen LogP contribution in [0.5, 0.6) is 5.88 Å². The minimum Gasteiger partial charge on any atom is -0.474 e. The molecule has 0 bridgehead atoms. The summed E-state index contributed by atoms with van der Waals surface area (Å²) in [5, 5.41) is 0.893. The number of carbonyl (C=O) groups is 1. The molecule has 2 aromatic carbocycles. The Kier molecular flexibility index (Phi) is 6.42. The molecule has 1 atom stereocenters. The molecule has 1 unspecified atom stereocenters. The van der Waals surface area contributed by atoms with Gasteiger partial charge >= 0.3 is 0 Å². The molecule has 9 nitrogen and oxygen atoms in total.